The zero-order valence-electron chi connectivity index (χ0n) is 23.2. The molecule has 1 aliphatic carbocycles. The summed E-state index contributed by atoms with van der Waals surface area (Å²) in [7, 11) is -0.792. The van der Waals surface area contributed by atoms with Crippen molar-refractivity contribution in [2.24, 2.45) is 0 Å². The number of hydrogen-bond donors (Lipinski definition) is 1. The van der Waals surface area contributed by atoms with E-state index in [1.807, 2.05) is 64.1 Å². The first-order valence-electron chi connectivity index (χ1n) is 13.3. The average molecular weight is 565 g/mol. The number of benzene rings is 3. The van der Waals surface area contributed by atoms with Gasteiger partial charge in [-0.2, -0.15) is 0 Å². The Morgan fingerprint density at radius 3 is 1.98 bits per heavy atom. The third-order valence-electron chi connectivity index (χ3n) is 7.80. The number of carbonyl (C=O) groups excluding carboxylic acids is 1. The average Bonchev–Trinajstić information content (AvgIpc) is 3.34. The van der Waals surface area contributed by atoms with E-state index in [0.29, 0.717) is 11.0 Å². The van der Waals surface area contributed by atoms with E-state index in [9.17, 15) is 18.0 Å². The molecule has 1 heterocycles. The fraction of sp³-hybridized carbons (Fsp3) is 0.323. The lowest BCUT2D eigenvalue weighted by Crippen LogP contribution is -2.41. The molecular formula is C31H31BF3NO5. The molecule has 10 heteroatoms. The second-order valence-electron chi connectivity index (χ2n) is 11.1. The van der Waals surface area contributed by atoms with Crippen LogP contribution in [0.5, 0.6) is 5.75 Å². The van der Waals surface area contributed by atoms with E-state index >= 15 is 0 Å². The number of nitrogens with one attached hydrogen (secondary N) is 1. The van der Waals surface area contributed by atoms with E-state index in [1.54, 1.807) is 6.08 Å². The minimum absolute atomic E-state index is 0.0360. The third-order valence-corrected chi connectivity index (χ3v) is 7.80. The molecule has 0 bridgehead atoms. The van der Waals surface area contributed by atoms with Crippen LogP contribution in [-0.2, 0) is 14.0 Å². The fourth-order valence-electron chi connectivity index (χ4n) is 5.00. The minimum atomic E-state index is -4.78. The van der Waals surface area contributed by atoms with Gasteiger partial charge in [-0.1, -0.05) is 66.7 Å². The zero-order valence-corrected chi connectivity index (χ0v) is 23.2. The summed E-state index contributed by atoms with van der Waals surface area (Å²) in [6.07, 6.45) is -3.68. The maximum atomic E-state index is 12.9. The zero-order chi connectivity index (χ0) is 29.4. The lowest BCUT2D eigenvalue weighted by atomic mass is 9.77. The monoisotopic (exact) mass is 565 g/mol. The summed E-state index contributed by atoms with van der Waals surface area (Å²) in [5, 5.41) is 2.79. The largest absolute Gasteiger partial charge is 0.573 e. The Hall–Kier alpha value is -3.76. The van der Waals surface area contributed by atoms with Crippen LogP contribution >= 0.6 is 0 Å². The van der Waals surface area contributed by atoms with Gasteiger partial charge in [-0.3, -0.25) is 0 Å². The molecule has 41 heavy (non-hydrogen) atoms. The highest BCUT2D eigenvalue weighted by Gasteiger charge is 2.52. The molecule has 0 atom stereocenters. The van der Waals surface area contributed by atoms with Gasteiger partial charge in [0.05, 0.1) is 11.2 Å². The summed E-state index contributed by atoms with van der Waals surface area (Å²) >= 11 is 0. The van der Waals surface area contributed by atoms with Crippen LogP contribution < -0.4 is 10.1 Å². The summed E-state index contributed by atoms with van der Waals surface area (Å²) in [6, 6.07) is 21.6. The number of rotatable bonds is 7. The summed E-state index contributed by atoms with van der Waals surface area (Å²) in [5.41, 5.74) is 4.37. The summed E-state index contributed by atoms with van der Waals surface area (Å²) in [6.45, 7) is 7.84. The highest BCUT2D eigenvalue weighted by molar-refractivity contribution is 6.56. The Labute approximate surface area is 237 Å². The molecular weight excluding hydrogens is 534 g/mol. The lowest BCUT2D eigenvalue weighted by molar-refractivity contribution is -0.274. The van der Waals surface area contributed by atoms with E-state index in [2.05, 4.69) is 22.2 Å². The molecule has 0 spiro atoms. The van der Waals surface area contributed by atoms with Crippen molar-refractivity contribution in [2.75, 3.05) is 13.2 Å². The molecule has 1 amide bonds. The van der Waals surface area contributed by atoms with Crippen molar-refractivity contribution >= 4 is 19.3 Å². The molecule has 3 aromatic rings. The number of ether oxygens (including phenoxy) is 2. The number of alkyl carbamates (subject to hydrolysis) is 1. The topological polar surface area (TPSA) is 66.0 Å². The predicted molar refractivity (Wildman–Crippen MR) is 150 cm³/mol. The van der Waals surface area contributed by atoms with E-state index in [0.717, 1.165) is 22.3 Å². The van der Waals surface area contributed by atoms with Crippen molar-refractivity contribution in [1.82, 2.24) is 5.32 Å². The number of alkyl halides is 3. The van der Waals surface area contributed by atoms with Crippen LogP contribution in [0.4, 0.5) is 18.0 Å². The quantitative estimate of drug-likeness (QED) is 0.309. The Balaban J connectivity index is 1.29. The van der Waals surface area contributed by atoms with Gasteiger partial charge >= 0.3 is 19.6 Å². The molecule has 1 saturated heterocycles. The highest BCUT2D eigenvalue weighted by Crippen LogP contribution is 2.44. The molecule has 1 fully saturated rings. The number of carbonyl (C=O) groups is 1. The van der Waals surface area contributed by atoms with E-state index in [-0.39, 0.29) is 24.8 Å². The Morgan fingerprint density at radius 2 is 1.44 bits per heavy atom. The van der Waals surface area contributed by atoms with E-state index < -0.39 is 30.8 Å². The van der Waals surface area contributed by atoms with E-state index in [4.69, 9.17) is 14.0 Å². The normalized spacial score (nSPS) is 17.6. The smallest absolute Gasteiger partial charge is 0.449 e. The number of hydrogen-bond acceptors (Lipinski definition) is 5. The van der Waals surface area contributed by atoms with Gasteiger partial charge < -0.3 is 24.1 Å². The van der Waals surface area contributed by atoms with Gasteiger partial charge in [0, 0.05) is 12.5 Å². The second-order valence-corrected chi connectivity index (χ2v) is 11.1. The van der Waals surface area contributed by atoms with Gasteiger partial charge in [-0.15, -0.1) is 13.2 Å². The molecule has 0 radical (unpaired) electrons. The summed E-state index contributed by atoms with van der Waals surface area (Å²) < 4.78 is 59.7. The number of halogens is 3. The van der Waals surface area contributed by atoms with Gasteiger partial charge in [-0.25, -0.2) is 4.79 Å². The third kappa shape index (κ3) is 6.28. The maximum Gasteiger partial charge on any atom is 0.573 e. The second kappa shape index (κ2) is 10.9. The van der Waals surface area contributed by atoms with Gasteiger partial charge in [0.2, 0.25) is 0 Å². The van der Waals surface area contributed by atoms with Crippen molar-refractivity contribution < 1.29 is 36.7 Å². The summed E-state index contributed by atoms with van der Waals surface area (Å²) in [5.74, 6) is -0.410. The molecule has 1 aliphatic heterocycles. The van der Waals surface area contributed by atoms with Crippen molar-refractivity contribution in [3.8, 4) is 16.9 Å². The molecule has 5 rings (SSSR count). The minimum Gasteiger partial charge on any atom is -0.449 e. The first kappa shape index (κ1) is 28.8. The maximum absolute atomic E-state index is 12.9. The fourth-order valence-corrected chi connectivity index (χ4v) is 5.00. The molecule has 2 aliphatic rings. The molecule has 0 unspecified atom stereocenters. The van der Waals surface area contributed by atoms with Crippen LogP contribution in [0.15, 0.2) is 78.3 Å². The van der Waals surface area contributed by atoms with E-state index in [1.165, 1.54) is 24.3 Å². The highest BCUT2D eigenvalue weighted by atomic mass is 19.4. The van der Waals surface area contributed by atoms with Crippen LogP contribution in [0, 0.1) is 0 Å². The van der Waals surface area contributed by atoms with Gasteiger partial charge in [0.1, 0.15) is 12.4 Å². The number of amides is 1. The van der Waals surface area contributed by atoms with Crippen molar-refractivity contribution in [1.29, 1.82) is 0 Å². The Kier molecular flexibility index (Phi) is 7.65. The molecule has 0 saturated carbocycles. The van der Waals surface area contributed by atoms with Crippen molar-refractivity contribution in [2.45, 2.75) is 51.2 Å². The molecule has 3 aromatic carbocycles. The van der Waals surface area contributed by atoms with Crippen LogP contribution in [0.25, 0.3) is 17.2 Å². The first-order valence-corrected chi connectivity index (χ1v) is 13.3. The van der Waals surface area contributed by atoms with Crippen LogP contribution in [0.2, 0.25) is 0 Å². The molecule has 6 nitrogen and oxygen atoms in total. The lowest BCUT2D eigenvalue weighted by Gasteiger charge is -2.32. The van der Waals surface area contributed by atoms with Crippen LogP contribution in [-0.4, -0.2) is 43.9 Å². The molecule has 214 valence electrons. The predicted octanol–water partition coefficient (Wildman–Crippen LogP) is 7.14. The van der Waals surface area contributed by atoms with Gasteiger partial charge in [0.25, 0.3) is 0 Å². The van der Waals surface area contributed by atoms with Gasteiger partial charge in [0.15, 0.2) is 0 Å². The standard InChI is InChI=1S/C31H31BF3NO5/c1-29(2)30(3,4)41-32(40-29)21(17-20-13-15-22(16-14-20)39-31(33,34)35)18-36-28(37)38-19-27-25-11-7-5-9-23(25)24-10-6-8-12-26(24)27/h5-17,27H,18-19H2,1-4H3,(H,36,37). The summed E-state index contributed by atoms with van der Waals surface area (Å²) in [4.78, 5) is 12.9. The van der Waals surface area contributed by atoms with Crippen LogP contribution in [0.1, 0.15) is 50.3 Å². The van der Waals surface area contributed by atoms with Gasteiger partial charge in [-0.05, 0) is 73.1 Å². The Bertz CT molecular complexity index is 1390. The molecule has 1 N–H and O–H groups in total. The van der Waals surface area contributed by atoms with Crippen molar-refractivity contribution in [3.63, 3.8) is 0 Å². The molecule has 0 aromatic heterocycles. The Morgan fingerprint density at radius 1 is 0.902 bits per heavy atom. The van der Waals surface area contributed by atoms with Crippen LogP contribution in [0.3, 0.4) is 0 Å². The SMILES string of the molecule is CC1(C)OB(C(=Cc2ccc(OC(F)(F)F)cc2)CNC(=O)OCC2c3ccccc3-c3ccccc32)OC1(C)C. The van der Waals surface area contributed by atoms with Crippen molar-refractivity contribution in [3.05, 3.63) is 95.0 Å². The number of fused-ring (bicyclic) bond motifs is 3. The first-order chi connectivity index (χ1) is 19.3.